The van der Waals surface area contributed by atoms with Gasteiger partial charge in [0, 0.05) is 70.6 Å². The smallest absolute Gasteiger partial charge is 0.326 e. The van der Waals surface area contributed by atoms with Crippen molar-refractivity contribution < 1.29 is 23.9 Å². The molecule has 0 aromatic heterocycles. The van der Waals surface area contributed by atoms with Crippen LogP contribution in [-0.4, -0.2) is 98.0 Å². The van der Waals surface area contributed by atoms with Crippen LogP contribution in [-0.2, 0) is 14.3 Å². The van der Waals surface area contributed by atoms with Gasteiger partial charge in [-0.25, -0.2) is 4.79 Å². The van der Waals surface area contributed by atoms with E-state index < -0.39 is 0 Å². The van der Waals surface area contributed by atoms with Crippen LogP contribution in [0, 0.1) is 0 Å². The fourth-order valence-corrected chi connectivity index (χ4v) is 6.89. The molecule has 0 radical (unpaired) electrons. The van der Waals surface area contributed by atoms with Crippen molar-refractivity contribution in [2.24, 2.45) is 0 Å². The fraction of sp³-hybridized carbons (Fsp3) is 0.543. The molecule has 2 N–H and O–H groups in total. The number of anilines is 3. The first-order valence-corrected chi connectivity index (χ1v) is 16.6. The van der Waals surface area contributed by atoms with Crippen molar-refractivity contribution in [3.63, 3.8) is 0 Å². The van der Waals surface area contributed by atoms with Crippen LogP contribution < -0.4 is 15.5 Å². The molecule has 2 aromatic rings. The maximum absolute atomic E-state index is 13.8. The second kappa shape index (κ2) is 15.6. The number of carbonyl (C=O) groups excluding carboxylic acids is 4. The van der Waals surface area contributed by atoms with Crippen LogP contribution >= 0.6 is 0 Å². The van der Waals surface area contributed by atoms with Gasteiger partial charge in [-0.1, -0.05) is 12.1 Å². The van der Waals surface area contributed by atoms with E-state index in [0.717, 1.165) is 76.0 Å². The van der Waals surface area contributed by atoms with Gasteiger partial charge in [0.05, 0.1) is 30.6 Å². The second-order valence-electron chi connectivity index (χ2n) is 12.5. The molecular weight excluding hydrogens is 584 g/mol. The molecule has 3 aliphatic heterocycles. The monoisotopic (exact) mass is 632 g/mol. The third-order valence-corrected chi connectivity index (χ3v) is 9.41. The fourth-order valence-electron chi connectivity index (χ4n) is 6.89. The molecule has 11 heteroatoms. The third-order valence-electron chi connectivity index (χ3n) is 9.41. The van der Waals surface area contributed by atoms with Crippen molar-refractivity contribution in [2.45, 2.75) is 70.5 Å². The van der Waals surface area contributed by atoms with Crippen LogP contribution in [0.15, 0.2) is 42.5 Å². The lowest BCUT2D eigenvalue weighted by atomic mass is 9.93. The Bertz CT molecular complexity index is 1400. The van der Waals surface area contributed by atoms with Gasteiger partial charge in [-0.2, -0.15) is 0 Å². The van der Waals surface area contributed by atoms with Gasteiger partial charge >= 0.3 is 6.03 Å². The molecule has 11 nitrogen and oxygen atoms in total. The summed E-state index contributed by atoms with van der Waals surface area (Å²) in [5.41, 5.74) is 3.36. The normalized spacial score (nSPS) is 20.0. The second-order valence-corrected chi connectivity index (χ2v) is 12.5. The number of carbonyl (C=O) groups is 4. The standard InChI is InChI=1S/C35H48N6O5/c1-25(42)26-11-10-12-27(21-26)41(35(45)36-2)28-13-14-30-29(22-28)31(23-33(43)38-15-6-4-7-16-38)40(19-20-46-3)32(37-30)24-34(44)39-17-8-5-9-18-39/h10-14,21-22,31-32,37H,4-9,15-20,23-24H2,1-3H3,(H,36,45). The van der Waals surface area contributed by atoms with E-state index >= 15 is 0 Å². The summed E-state index contributed by atoms with van der Waals surface area (Å²) in [4.78, 5) is 60.6. The van der Waals surface area contributed by atoms with Crippen LogP contribution in [0.1, 0.15) is 80.3 Å². The first-order valence-electron chi connectivity index (χ1n) is 16.6. The number of nitrogens with zero attached hydrogens (tertiary/aromatic N) is 4. The van der Waals surface area contributed by atoms with Gasteiger partial charge in [0.2, 0.25) is 11.8 Å². The first kappa shape index (κ1) is 33.4. The lowest BCUT2D eigenvalue weighted by Crippen LogP contribution is -2.52. The highest BCUT2D eigenvalue weighted by Crippen LogP contribution is 2.41. The molecule has 0 bridgehead atoms. The third kappa shape index (κ3) is 7.70. The van der Waals surface area contributed by atoms with E-state index in [2.05, 4.69) is 15.5 Å². The minimum atomic E-state index is -0.355. The summed E-state index contributed by atoms with van der Waals surface area (Å²) < 4.78 is 5.52. The summed E-state index contributed by atoms with van der Waals surface area (Å²) in [5.74, 6) is 0.101. The molecule has 2 atom stereocenters. The summed E-state index contributed by atoms with van der Waals surface area (Å²) >= 11 is 0. The van der Waals surface area contributed by atoms with Crippen LogP contribution in [0.3, 0.4) is 0 Å². The molecule has 0 saturated carbocycles. The van der Waals surface area contributed by atoms with Crippen molar-refractivity contribution in [2.75, 3.05) is 63.7 Å². The molecule has 5 rings (SSSR count). The maximum Gasteiger partial charge on any atom is 0.326 e. The minimum absolute atomic E-state index is 0.0868. The largest absolute Gasteiger partial charge is 0.383 e. The summed E-state index contributed by atoms with van der Waals surface area (Å²) in [6.45, 7) is 5.51. The lowest BCUT2D eigenvalue weighted by Gasteiger charge is -2.45. The van der Waals surface area contributed by atoms with Gasteiger partial charge in [-0.3, -0.25) is 24.2 Å². The molecule has 248 valence electrons. The average molecular weight is 633 g/mol. The molecule has 0 spiro atoms. The number of hydrogen-bond donors (Lipinski definition) is 2. The molecule has 3 heterocycles. The summed E-state index contributed by atoms with van der Waals surface area (Å²) in [6, 6.07) is 12.0. The SMILES string of the molecule is CNC(=O)N(c1cccc(C(C)=O)c1)c1ccc2c(c1)C(CC(=O)N1CCCCC1)N(CCOC)C(CC(=O)N1CCCCC1)N2. The van der Waals surface area contributed by atoms with Crippen LogP contribution in [0.25, 0.3) is 0 Å². The summed E-state index contributed by atoms with van der Waals surface area (Å²) in [7, 11) is 3.22. The molecule has 2 unspecified atom stereocenters. The Kier molecular flexibility index (Phi) is 11.3. The Morgan fingerprint density at radius 3 is 2.11 bits per heavy atom. The number of rotatable bonds is 10. The molecule has 46 heavy (non-hydrogen) atoms. The van der Waals surface area contributed by atoms with E-state index in [0.29, 0.717) is 30.1 Å². The lowest BCUT2D eigenvalue weighted by molar-refractivity contribution is -0.134. The number of likely N-dealkylation sites (tertiary alicyclic amines) is 2. The highest BCUT2D eigenvalue weighted by Gasteiger charge is 2.38. The first-order chi connectivity index (χ1) is 22.3. The van der Waals surface area contributed by atoms with Crippen molar-refractivity contribution in [3.8, 4) is 0 Å². The average Bonchev–Trinajstić information content (AvgIpc) is 3.09. The number of methoxy groups -OCH3 is 1. The molecule has 3 aliphatic rings. The van der Waals surface area contributed by atoms with Crippen molar-refractivity contribution >= 4 is 40.7 Å². The number of Topliss-reactive ketones (excluding diaryl/α,β-unsaturated/α-hetero) is 1. The maximum atomic E-state index is 13.8. The highest BCUT2D eigenvalue weighted by atomic mass is 16.5. The Morgan fingerprint density at radius 2 is 1.50 bits per heavy atom. The number of ether oxygens (including phenoxy) is 1. The number of urea groups is 1. The van der Waals surface area contributed by atoms with E-state index in [1.165, 1.54) is 6.92 Å². The molecule has 2 fully saturated rings. The van der Waals surface area contributed by atoms with Crippen molar-refractivity contribution in [1.29, 1.82) is 0 Å². The van der Waals surface area contributed by atoms with Gasteiger partial charge in [0.25, 0.3) is 0 Å². The molecule has 0 aliphatic carbocycles. The zero-order valence-electron chi connectivity index (χ0n) is 27.4. The summed E-state index contributed by atoms with van der Waals surface area (Å²) in [5, 5.41) is 6.35. The number of benzene rings is 2. The number of piperidine rings is 2. The minimum Gasteiger partial charge on any atom is -0.383 e. The van der Waals surface area contributed by atoms with E-state index in [9.17, 15) is 19.2 Å². The van der Waals surface area contributed by atoms with Crippen molar-refractivity contribution in [3.05, 3.63) is 53.6 Å². The van der Waals surface area contributed by atoms with E-state index in [1.807, 2.05) is 28.0 Å². The van der Waals surface area contributed by atoms with E-state index in [-0.39, 0.29) is 48.7 Å². The highest BCUT2D eigenvalue weighted by molar-refractivity contribution is 6.02. The quantitative estimate of drug-likeness (QED) is 0.358. The Hall–Kier alpha value is -3.96. The number of ketones is 1. The number of nitrogens with one attached hydrogen (secondary N) is 2. The molecular formula is C35H48N6O5. The Labute approximate surface area is 272 Å². The Balaban J connectivity index is 1.55. The topological polar surface area (TPSA) is 115 Å². The van der Waals surface area contributed by atoms with Gasteiger partial charge in [-0.15, -0.1) is 0 Å². The van der Waals surface area contributed by atoms with Crippen molar-refractivity contribution in [1.82, 2.24) is 20.0 Å². The summed E-state index contributed by atoms with van der Waals surface area (Å²) in [6.07, 6.45) is 6.51. The number of hydrogen-bond acceptors (Lipinski definition) is 7. The van der Waals surface area contributed by atoms with E-state index in [1.54, 1.807) is 43.3 Å². The number of amides is 4. The number of fused-ring (bicyclic) bond motifs is 1. The zero-order chi connectivity index (χ0) is 32.6. The molecule has 2 aromatic carbocycles. The van der Waals surface area contributed by atoms with Gasteiger partial charge in [0.15, 0.2) is 5.78 Å². The molecule has 2 saturated heterocycles. The Morgan fingerprint density at radius 1 is 0.870 bits per heavy atom. The van der Waals surface area contributed by atoms with E-state index in [4.69, 9.17) is 4.74 Å². The van der Waals surface area contributed by atoms with Gasteiger partial charge in [-0.05, 0) is 81.3 Å². The van der Waals surface area contributed by atoms with Gasteiger partial charge < -0.3 is 25.2 Å². The molecule has 4 amide bonds. The van der Waals surface area contributed by atoms with Crippen LogP contribution in [0.5, 0.6) is 0 Å². The van der Waals surface area contributed by atoms with Crippen LogP contribution in [0.4, 0.5) is 21.9 Å². The van der Waals surface area contributed by atoms with Crippen LogP contribution in [0.2, 0.25) is 0 Å². The zero-order valence-corrected chi connectivity index (χ0v) is 27.4. The predicted octanol–water partition coefficient (Wildman–Crippen LogP) is 4.91. The van der Waals surface area contributed by atoms with Gasteiger partial charge in [0.1, 0.15) is 0 Å². The predicted molar refractivity (Wildman–Crippen MR) is 178 cm³/mol.